The second-order valence-electron chi connectivity index (χ2n) is 6.64. The van der Waals surface area contributed by atoms with Crippen LogP contribution in [0.25, 0.3) is 6.08 Å². The second-order valence-corrected chi connectivity index (χ2v) is 10.5. The summed E-state index contributed by atoms with van der Waals surface area (Å²) < 4.78 is 23.7. The average Bonchev–Trinajstić information content (AvgIpc) is 3.13. The first-order valence-electron chi connectivity index (χ1n) is 8.49. The van der Waals surface area contributed by atoms with E-state index in [9.17, 15) is 18.0 Å². The number of hydrogen-bond donors (Lipinski definition) is 0. The maximum Gasteiger partial charge on any atom is 0.266 e. The van der Waals surface area contributed by atoms with Crippen LogP contribution in [-0.2, 0) is 19.4 Å². The van der Waals surface area contributed by atoms with Crippen molar-refractivity contribution in [3.63, 3.8) is 0 Å². The van der Waals surface area contributed by atoms with Crippen molar-refractivity contribution in [1.29, 1.82) is 0 Å². The van der Waals surface area contributed by atoms with Gasteiger partial charge in [-0.05, 0) is 25.0 Å². The molecule has 0 N–H and O–H groups in total. The summed E-state index contributed by atoms with van der Waals surface area (Å²) in [6.07, 6.45) is 2.17. The summed E-state index contributed by atoms with van der Waals surface area (Å²) >= 11 is 6.49. The number of hydrogen-bond acceptors (Lipinski definition) is 6. The molecule has 0 radical (unpaired) electrons. The van der Waals surface area contributed by atoms with Crippen molar-refractivity contribution in [1.82, 2.24) is 9.80 Å². The zero-order valence-electron chi connectivity index (χ0n) is 15.0. The number of nitrogens with zero attached hydrogens (tertiary/aromatic N) is 2. The van der Waals surface area contributed by atoms with E-state index < -0.39 is 15.9 Å². The summed E-state index contributed by atoms with van der Waals surface area (Å²) in [6, 6.07) is 8.27. The summed E-state index contributed by atoms with van der Waals surface area (Å²) in [5.41, 5.74) is 0.880. The van der Waals surface area contributed by atoms with E-state index in [-0.39, 0.29) is 29.4 Å². The van der Waals surface area contributed by atoms with Gasteiger partial charge >= 0.3 is 0 Å². The number of carbonyl (C=O) groups is 2. The maximum atomic E-state index is 12.8. The van der Waals surface area contributed by atoms with Crippen molar-refractivity contribution in [2.45, 2.75) is 25.4 Å². The molecule has 3 rings (SSSR count). The van der Waals surface area contributed by atoms with Crippen molar-refractivity contribution < 1.29 is 18.0 Å². The van der Waals surface area contributed by atoms with Crippen LogP contribution in [0.3, 0.4) is 0 Å². The van der Waals surface area contributed by atoms with Crippen molar-refractivity contribution in [2.75, 3.05) is 18.6 Å². The predicted octanol–water partition coefficient (Wildman–Crippen LogP) is 1.92. The van der Waals surface area contributed by atoms with Crippen LogP contribution >= 0.6 is 24.0 Å². The van der Waals surface area contributed by atoms with Gasteiger partial charge in [-0.15, -0.1) is 0 Å². The Labute approximate surface area is 168 Å². The second kappa shape index (κ2) is 7.73. The summed E-state index contributed by atoms with van der Waals surface area (Å²) in [5.74, 6) is -0.560. The quantitative estimate of drug-likeness (QED) is 0.543. The lowest BCUT2D eigenvalue weighted by molar-refractivity contribution is -0.139. The summed E-state index contributed by atoms with van der Waals surface area (Å²) in [7, 11) is -1.51. The number of likely N-dealkylation sites (N-methyl/N-ethyl adjacent to an activating group) is 1. The van der Waals surface area contributed by atoms with Crippen LogP contribution in [0.5, 0.6) is 0 Å². The number of thiocarbonyl (C=S) groups is 1. The molecule has 27 heavy (non-hydrogen) atoms. The first-order valence-corrected chi connectivity index (χ1v) is 11.5. The highest BCUT2D eigenvalue weighted by atomic mass is 32.2. The van der Waals surface area contributed by atoms with Crippen LogP contribution < -0.4 is 0 Å². The predicted molar refractivity (Wildman–Crippen MR) is 111 cm³/mol. The molecule has 0 unspecified atom stereocenters. The molecule has 1 aromatic rings. The third-order valence-electron chi connectivity index (χ3n) is 4.77. The average molecular weight is 425 g/mol. The Morgan fingerprint density at radius 2 is 2.04 bits per heavy atom. The molecule has 2 aliphatic heterocycles. The topological polar surface area (TPSA) is 74.8 Å². The first-order chi connectivity index (χ1) is 12.7. The number of sulfone groups is 1. The van der Waals surface area contributed by atoms with Crippen LogP contribution in [0.1, 0.15) is 18.9 Å². The molecule has 2 atom stereocenters. The Morgan fingerprint density at radius 3 is 2.63 bits per heavy atom. The molecular formula is C18H20N2O4S3. The van der Waals surface area contributed by atoms with Crippen molar-refractivity contribution >= 4 is 56.0 Å². The molecule has 1 aromatic carbocycles. The molecule has 2 heterocycles. The third-order valence-corrected chi connectivity index (χ3v) is 7.85. The van der Waals surface area contributed by atoms with Crippen molar-refractivity contribution in [3.05, 3.63) is 40.8 Å². The molecule has 0 saturated carbocycles. The van der Waals surface area contributed by atoms with Gasteiger partial charge in [-0.3, -0.25) is 14.5 Å². The van der Waals surface area contributed by atoms with Gasteiger partial charge in [0, 0.05) is 13.1 Å². The summed E-state index contributed by atoms with van der Waals surface area (Å²) in [6.45, 7) is 1.62. The van der Waals surface area contributed by atoms with E-state index in [1.54, 1.807) is 20.0 Å². The van der Waals surface area contributed by atoms with E-state index in [4.69, 9.17) is 12.2 Å². The van der Waals surface area contributed by atoms with Crippen LogP contribution in [0.2, 0.25) is 0 Å². The lowest BCUT2D eigenvalue weighted by Gasteiger charge is -2.30. The molecule has 0 aromatic heterocycles. The van der Waals surface area contributed by atoms with E-state index in [1.807, 2.05) is 30.3 Å². The lowest BCUT2D eigenvalue weighted by atomic mass is 10.1. The molecule has 2 amide bonds. The fourth-order valence-electron chi connectivity index (χ4n) is 3.18. The molecule has 144 valence electrons. The zero-order valence-corrected chi connectivity index (χ0v) is 17.4. The van der Waals surface area contributed by atoms with Crippen LogP contribution in [-0.4, -0.2) is 65.0 Å². The summed E-state index contributed by atoms with van der Waals surface area (Å²) in [4.78, 5) is 28.9. The molecule has 0 bridgehead atoms. The Balaban J connectivity index is 1.75. The molecule has 2 aliphatic rings. The van der Waals surface area contributed by atoms with Crippen LogP contribution in [0.4, 0.5) is 0 Å². The monoisotopic (exact) mass is 424 g/mol. The van der Waals surface area contributed by atoms with Gasteiger partial charge < -0.3 is 4.90 Å². The van der Waals surface area contributed by atoms with Gasteiger partial charge in [-0.1, -0.05) is 54.3 Å². The fraction of sp³-hybridized carbons (Fsp3) is 0.389. The van der Waals surface area contributed by atoms with Gasteiger partial charge in [0.25, 0.3) is 5.91 Å². The minimum absolute atomic E-state index is 0.0335. The van der Waals surface area contributed by atoms with Crippen molar-refractivity contribution in [3.8, 4) is 0 Å². The van der Waals surface area contributed by atoms with E-state index >= 15 is 0 Å². The van der Waals surface area contributed by atoms with Gasteiger partial charge in [0.1, 0.15) is 10.4 Å². The maximum absolute atomic E-state index is 12.8. The number of benzene rings is 1. The Kier molecular flexibility index (Phi) is 5.73. The normalized spacial score (nSPS) is 24.4. The SMILES string of the molecule is C[C@@H](C(=O)N(C)[C@@H]1CCS(=O)(=O)C1)N1C(=O)/C(=C/c2ccccc2)SC1=S. The highest BCUT2D eigenvalue weighted by molar-refractivity contribution is 8.26. The van der Waals surface area contributed by atoms with E-state index in [0.717, 1.165) is 5.56 Å². The molecule has 9 heteroatoms. The minimum atomic E-state index is -3.10. The zero-order chi connectivity index (χ0) is 19.8. The third kappa shape index (κ3) is 4.25. The minimum Gasteiger partial charge on any atom is -0.340 e. The van der Waals surface area contributed by atoms with E-state index in [0.29, 0.717) is 15.6 Å². The standard InChI is InChI=1S/C18H20N2O4S3/c1-12(16(21)19(2)14-8-9-27(23,24)11-14)20-17(22)15(26-18(20)25)10-13-6-4-3-5-7-13/h3-7,10,12,14H,8-9,11H2,1-2H3/b15-10-/t12-,14+/m0/s1. The highest BCUT2D eigenvalue weighted by Gasteiger charge is 2.41. The van der Waals surface area contributed by atoms with Gasteiger partial charge in [0.15, 0.2) is 9.84 Å². The Bertz CT molecular complexity index is 912. The number of carbonyl (C=O) groups excluding carboxylic acids is 2. The number of thioether (sulfide) groups is 1. The van der Waals surface area contributed by atoms with E-state index in [1.165, 1.54) is 21.6 Å². The Morgan fingerprint density at radius 1 is 1.37 bits per heavy atom. The largest absolute Gasteiger partial charge is 0.340 e. The highest BCUT2D eigenvalue weighted by Crippen LogP contribution is 2.34. The van der Waals surface area contributed by atoms with Gasteiger partial charge in [-0.25, -0.2) is 8.42 Å². The van der Waals surface area contributed by atoms with Crippen molar-refractivity contribution in [2.24, 2.45) is 0 Å². The fourth-order valence-corrected chi connectivity index (χ4v) is 6.37. The molecule has 2 fully saturated rings. The Hall–Kier alpha value is -1.71. The van der Waals surface area contributed by atoms with Gasteiger partial charge in [0.05, 0.1) is 16.4 Å². The molecular weight excluding hydrogens is 404 g/mol. The smallest absolute Gasteiger partial charge is 0.266 e. The number of amides is 2. The van der Waals surface area contributed by atoms with Gasteiger partial charge in [0.2, 0.25) is 5.91 Å². The van der Waals surface area contributed by atoms with Gasteiger partial charge in [-0.2, -0.15) is 0 Å². The summed E-state index contributed by atoms with van der Waals surface area (Å²) in [5, 5.41) is 0. The molecule has 2 saturated heterocycles. The molecule has 6 nitrogen and oxygen atoms in total. The molecule has 0 aliphatic carbocycles. The van der Waals surface area contributed by atoms with Crippen LogP contribution in [0, 0.1) is 0 Å². The first kappa shape index (κ1) is 20.0. The number of rotatable bonds is 4. The lowest BCUT2D eigenvalue weighted by Crippen LogP contribution is -2.50. The van der Waals surface area contributed by atoms with E-state index in [2.05, 4.69) is 0 Å². The molecule has 0 spiro atoms. The van der Waals surface area contributed by atoms with Crippen LogP contribution in [0.15, 0.2) is 35.2 Å².